The molecule has 2 heterocycles. The molecule has 1 fully saturated rings. The zero-order valence-corrected chi connectivity index (χ0v) is 11.7. The lowest BCUT2D eigenvalue weighted by atomic mass is 10.1. The molecule has 0 atom stereocenters. The van der Waals surface area contributed by atoms with E-state index in [1.807, 2.05) is 0 Å². The minimum Gasteiger partial charge on any atom is -0.299 e. The van der Waals surface area contributed by atoms with Gasteiger partial charge in [-0.3, -0.25) is 9.58 Å². The highest BCUT2D eigenvalue weighted by atomic mass is 15.4. The minimum absolute atomic E-state index is 0.574. The van der Waals surface area contributed by atoms with Crippen LogP contribution in [0.25, 0.3) is 0 Å². The number of aryl methyl sites for hydroxylation is 2. The van der Waals surface area contributed by atoms with Crippen molar-refractivity contribution in [3.8, 4) is 0 Å². The Morgan fingerprint density at radius 3 is 2.53 bits per heavy atom. The predicted octanol–water partition coefficient (Wildman–Crippen LogP) is 2.60. The Morgan fingerprint density at radius 2 is 1.89 bits per heavy atom. The highest BCUT2D eigenvalue weighted by molar-refractivity contribution is 5.15. The van der Waals surface area contributed by atoms with Gasteiger partial charge in [0.15, 0.2) is 0 Å². The smallest absolute Gasteiger partial charge is 0.0775 e. The number of benzene rings is 1. The van der Waals surface area contributed by atoms with Crippen molar-refractivity contribution in [2.75, 3.05) is 19.6 Å². The summed E-state index contributed by atoms with van der Waals surface area (Å²) in [6.07, 6.45) is 1.14. The second kappa shape index (κ2) is 5.17. The van der Waals surface area contributed by atoms with Crippen molar-refractivity contribution in [2.24, 2.45) is 0 Å². The zero-order chi connectivity index (χ0) is 13.2. The first-order valence-electron chi connectivity index (χ1n) is 7.01. The van der Waals surface area contributed by atoms with Crippen molar-refractivity contribution in [3.63, 3.8) is 0 Å². The van der Waals surface area contributed by atoms with Crippen molar-refractivity contribution >= 4 is 0 Å². The van der Waals surface area contributed by atoms with E-state index < -0.39 is 0 Å². The molecular weight excluding hydrogens is 234 g/mol. The summed E-state index contributed by atoms with van der Waals surface area (Å²) in [6.45, 7) is 7.63. The van der Waals surface area contributed by atoms with Gasteiger partial charge in [-0.25, -0.2) is 0 Å². The van der Waals surface area contributed by atoms with Crippen molar-refractivity contribution < 1.29 is 0 Å². The van der Waals surface area contributed by atoms with Gasteiger partial charge in [0.1, 0.15) is 0 Å². The first-order chi connectivity index (χ1) is 9.22. The molecule has 2 aromatic rings. The fourth-order valence-electron chi connectivity index (χ4n) is 2.83. The summed E-state index contributed by atoms with van der Waals surface area (Å²) < 4.78 is 2.19. The summed E-state index contributed by atoms with van der Waals surface area (Å²) in [7, 11) is 0. The van der Waals surface area contributed by atoms with E-state index in [2.05, 4.69) is 64.9 Å². The molecule has 0 amide bonds. The molecule has 0 saturated carbocycles. The molecule has 0 aliphatic carbocycles. The SMILES string of the molecule is Cc1cc(C)n(C2CN(CCc3ccccc3)C2)n1. The molecule has 1 aromatic carbocycles. The van der Waals surface area contributed by atoms with Crippen LogP contribution in [-0.4, -0.2) is 34.3 Å². The standard InChI is InChI=1S/C16H21N3/c1-13-10-14(2)19(17-13)16-11-18(12-16)9-8-15-6-4-3-5-7-15/h3-7,10,16H,8-9,11-12H2,1-2H3. The fourth-order valence-corrected chi connectivity index (χ4v) is 2.83. The van der Waals surface area contributed by atoms with E-state index in [9.17, 15) is 0 Å². The summed E-state index contributed by atoms with van der Waals surface area (Å²) >= 11 is 0. The van der Waals surface area contributed by atoms with E-state index in [4.69, 9.17) is 0 Å². The average molecular weight is 255 g/mol. The maximum Gasteiger partial charge on any atom is 0.0775 e. The van der Waals surface area contributed by atoms with Gasteiger partial charge < -0.3 is 0 Å². The van der Waals surface area contributed by atoms with Gasteiger partial charge in [-0.2, -0.15) is 5.10 Å². The summed E-state index contributed by atoms with van der Waals surface area (Å²) in [5, 5.41) is 4.57. The van der Waals surface area contributed by atoms with Crippen molar-refractivity contribution in [2.45, 2.75) is 26.3 Å². The Hall–Kier alpha value is -1.61. The van der Waals surface area contributed by atoms with E-state index in [0.29, 0.717) is 6.04 Å². The average Bonchev–Trinajstić information content (AvgIpc) is 2.68. The van der Waals surface area contributed by atoms with Gasteiger partial charge in [0.25, 0.3) is 0 Å². The maximum absolute atomic E-state index is 4.57. The molecule has 0 unspecified atom stereocenters. The van der Waals surface area contributed by atoms with Crippen LogP contribution in [0.4, 0.5) is 0 Å². The van der Waals surface area contributed by atoms with Crippen molar-refractivity contribution in [1.82, 2.24) is 14.7 Å². The van der Waals surface area contributed by atoms with Gasteiger partial charge >= 0.3 is 0 Å². The molecule has 1 aromatic heterocycles. The topological polar surface area (TPSA) is 21.1 Å². The van der Waals surface area contributed by atoms with Crippen LogP contribution >= 0.6 is 0 Å². The van der Waals surface area contributed by atoms with E-state index in [0.717, 1.165) is 31.7 Å². The molecule has 0 bridgehead atoms. The molecular formula is C16H21N3. The molecule has 3 nitrogen and oxygen atoms in total. The second-order valence-electron chi connectivity index (χ2n) is 5.52. The number of rotatable bonds is 4. The van der Waals surface area contributed by atoms with Gasteiger partial charge in [0, 0.05) is 25.3 Å². The molecule has 19 heavy (non-hydrogen) atoms. The molecule has 0 spiro atoms. The van der Waals surface area contributed by atoms with E-state index >= 15 is 0 Å². The number of aromatic nitrogens is 2. The van der Waals surface area contributed by atoms with Gasteiger partial charge in [0.05, 0.1) is 11.7 Å². The van der Waals surface area contributed by atoms with Crippen LogP contribution < -0.4 is 0 Å². The van der Waals surface area contributed by atoms with Crippen LogP contribution in [0.3, 0.4) is 0 Å². The lowest BCUT2D eigenvalue weighted by molar-refractivity contribution is 0.0985. The largest absolute Gasteiger partial charge is 0.299 e. The third kappa shape index (κ3) is 2.71. The van der Waals surface area contributed by atoms with Crippen LogP contribution in [0.5, 0.6) is 0 Å². The van der Waals surface area contributed by atoms with Crippen molar-refractivity contribution in [3.05, 3.63) is 53.3 Å². The Labute approximate surface area is 114 Å². The predicted molar refractivity (Wildman–Crippen MR) is 77.3 cm³/mol. The van der Waals surface area contributed by atoms with Crippen LogP contribution in [0.1, 0.15) is 23.0 Å². The lowest BCUT2D eigenvalue weighted by Crippen LogP contribution is -2.48. The molecule has 100 valence electrons. The van der Waals surface area contributed by atoms with Crippen LogP contribution in [0.2, 0.25) is 0 Å². The molecule has 3 heteroatoms. The van der Waals surface area contributed by atoms with E-state index in [1.54, 1.807) is 0 Å². The Bertz CT molecular complexity index is 538. The molecule has 3 rings (SSSR count). The third-order valence-corrected chi connectivity index (χ3v) is 3.89. The molecule has 1 aliphatic heterocycles. The molecule has 0 N–H and O–H groups in total. The number of hydrogen-bond acceptors (Lipinski definition) is 2. The minimum atomic E-state index is 0.574. The van der Waals surface area contributed by atoms with Crippen LogP contribution in [-0.2, 0) is 6.42 Å². The first kappa shape index (κ1) is 12.4. The normalized spacial score (nSPS) is 16.5. The maximum atomic E-state index is 4.57. The quantitative estimate of drug-likeness (QED) is 0.837. The summed E-state index contributed by atoms with van der Waals surface area (Å²) in [5.74, 6) is 0. The highest BCUT2D eigenvalue weighted by Crippen LogP contribution is 2.22. The fraction of sp³-hybridized carbons (Fsp3) is 0.438. The molecule has 1 aliphatic rings. The van der Waals surface area contributed by atoms with Gasteiger partial charge in [-0.15, -0.1) is 0 Å². The highest BCUT2D eigenvalue weighted by Gasteiger charge is 2.29. The summed E-state index contributed by atoms with van der Waals surface area (Å²) in [4.78, 5) is 2.51. The Morgan fingerprint density at radius 1 is 1.16 bits per heavy atom. The number of hydrogen-bond donors (Lipinski definition) is 0. The second-order valence-corrected chi connectivity index (χ2v) is 5.52. The third-order valence-electron chi connectivity index (χ3n) is 3.89. The molecule has 1 saturated heterocycles. The Balaban J connectivity index is 1.49. The van der Waals surface area contributed by atoms with Crippen LogP contribution in [0, 0.1) is 13.8 Å². The van der Waals surface area contributed by atoms with Gasteiger partial charge in [-0.05, 0) is 31.9 Å². The summed E-state index contributed by atoms with van der Waals surface area (Å²) in [6, 6.07) is 13.5. The number of likely N-dealkylation sites (tertiary alicyclic amines) is 1. The van der Waals surface area contributed by atoms with E-state index in [-0.39, 0.29) is 0 Å². The van der Waals surface area contributed by atoms with Gasteiger partial charge in [0.2, 0.25) is 0 Å². The monoisotopic (exact) mass is 255 g/mol. The lowest BCUT2D eigenvalue weighted by Gasteiger charge is -2.39. The number of nitrogens with zero attached hydrogens (tertiary/aromatic N) is 3. The first-order valence-corrected chi connectivity index (χ1v) is 7.01. The van der Waals surface area contributed by atoms with Crippen LogP contribution in [0.15, 0.2) is 36.4 Å². The zero-order valence-electron chi connectivity index (χ0n) is 11.7. The van der Waals surface area contributed by atoms with E-state index in [1.165, 1.54) is 11.3 Å². The van der Waals surface area contributed by atoms with Gasteiger partial charge in [-0.1, -0.05) is 30.3 Å². The summed E-state index contributed by atoms with van der Waals surface area (Å²) in [5.41, 5.74) is 3.84. The Kier molecular flexibility index (Phi) is 3.38. The molecule has 0 radical (unpaired) electrons. The van der Waals surface area contributed by atoms with Crippen molar-refractivity contribution in [1.29, 1.82) is 0 Å².